The molecule has 104 valence electrons. The summed E-state index contributed by atoms with van der Waals surface area (Å²) >= 11 is 12.1. The maximum Gasteiger partial charge on any atom is 0.325 e. The third-order valence-electron chi connectivity index (χ3n) is 2.92. The molecule has 3 nitrogen and oxygen atoms in total. The van der Waals surface area contributed by atoms with Crippen LogP contribution < -0.4 is 5.32 Å². The van der Waals surface area contributed by atoms with E-state index in [-0.39, 0.29) is 6.54 Å². The molecule has 0 fully saturated rings. The summed E-state index contributed by atoms with van der Waals surface area (Å²) in [5, 5.41) is 13.3. The van der Waals surface area contributed by atoms with E-state index in [4.69, 9.17) is 23.2 Å². The van der Waals surface area contributed by atoms with Gasteiger partial charge in [0.05, 0.1) is 0 Å². The van der Waals surface area contributed by atoms with Crippen LogP contribution in [-0.2, 0) is 11.3 Å². The lowest BCUT2D eigenvalue weighted by Crippen LogP contribution is -2.28. The number of rotatable bonds is 5. The highest BCUT2D eigenvalue weighted by Crippen LogP contribution is 2.25. The summed E-state index contributed by atoms with van der Waals surface area (Å²) in [6, 6.07) is 13.4. The van der Waals surface area contributed by atoms with Gasteiger partial charge in [-0.25, -0.2) is 0 Å². The van der Waals surface area contributed by atoms with E-state index in [9.17, 15) is 9.90 Å². The monoisotopic (exact) mass is 309 g/mol. The minimum absolute atomic E-state index is 0.282. The molecule has 2 rings (SSSR count). The molecule has 0 aliphatic rings. The molecule has 0 aliphatic carbocycles. The van der Waals surface area contributed by atoms with Crippen molar-refractivity contribution in [2.45, 2.75) is 12.6 Å². The Morgan fingerprint density at radius 2 is 1.65 bits per heavy atom. The molecule has 0 aliphatic heterocycles. The van der Waals surface area contributed by atoms with Crippen LogP contribution in [0.3, 0.4) is 0 Å². The van der Waals surface area contributed by atoms with Crippen molar-refractivity contribution in [3.05, 3.63) is 69.7 Å². The molecular weight excluding hydrogens is 297 g/mol. The summed E-state index contributed by atoms with van der Waals surface area (Å²) in [5.41, 5.74) is 1.38. The Bertz CT molecular complexity index is 582. The number of hydrogen-bond donors (Lipinski definition) is 2. The van der Waals surface area contributed by atoms with Gasteiger partial charge in [0.1, 0.15) is 6.04 Å². The first-order chi connectivity index (χ1) is 9.59. The van der Waals surface area contributed by atoms with Crippen LogP contribution in [0.4, 0.5) is 0 Å². The van der Waals surface area contributed by atoms with Crippen LogP contribution in [0.2, 0.25) is 10.0 Å². The van der Waals surface area contributed by atoms with Crippen LogP contribution in [0.15, 0.2) is 48.5 Å². The topological polar surface area (TPSA) is 49.3 Å². The van der Waals surface area contributed by atoms with E-state index in [1.807, 2.05) is 6.07 Å². The number of aliphatic carboxylic acids is 1. The molecule has 0 bridgehead atoms. The molecule has 0 heterocycles. The Kier molecular flexibility index (Phi) is 5.01. The Labute approximate surface area is 127 Å². The molecule has 1 atom stereocenters. The highest BCUT2D eigenvalue weighted by Gasteiger charge is 2.19. The molecule has 1 unspecified atom stereocenters. The van der Waals surface area contributed by atoms with Gasteiger partial charge in [0.15, 0.2) is 0 Å². The predicted octanol–water partition coefficient (Wildman–Crippen LogP) is 3.91. The minimum Gasteiger partial charge on any atom is -0.480 e. The van der Waals surface area contributed by atoms with Gasteiger partial charge in [-0.2, -0.15) is 0 Å². The van der Waals surface area contributed by atoms with Crippen molar-refractivity contribution in [2.75, 3.05) is 0 Å². The van der Waals surface area contributed by atoms with Gasteiger partial charge in [-0.1, -0.05) is 59.6 Å². The van der Waals surface area contributed by atoms with E-state index in [0.717, 1.165) is 0 Å². The van der Waals surface area contributed by atoms with Gasteiger partial charge in [0.25, 0.3) is 0 Å². The second kappa shape index (κ2) is 6.75. The Hall–Kier alpha value is -1.55. The first kappa shape index (κ1) is 14.9. The second-order valence-electron chi connectivity index (χ2n) is 4.26. The Morgan fingerprint density at radius 3 is 2.20 bits per heavy atom. The second-order valence-corrected chi connectivity index (χ2v) is 5.08. The highest BCUT2D eigenvalue weighted by atomic mass is 35.5. The van der Waals surface area contributed by atoms with Crippen molar-refractivity contribution in [1.82, 2.24) is 5.32 Å². The predicted molar refractivity (Wildman–Crippen MR) is 80.1 cm³/mol. The Morgan fingerprint density at radius 1 is 1.05 bits per heavy atom. The standard InChI is InChI=1S/C15H13Cl2NO2/c16-12-7-4-8-13(17)11(12)9-18-14(15(19)20)10-5-2-1-3-6-10/h1-8,14,18H,9H2,(H,19,20). The fourth-order valence-corrected chi connectivity index (χ4v) is 2.43. The summed E-state index contributed by atoms with van der Waals surface area (Å²) in [6.45, 7) is 0.282. The summed E-state index contributed by atoms with van der Waals surface area (Å²) < 4.78 is 0. The number of carbonyl (C=O) groups is 1. The largest absolute Gasteiger partial charge is 0.480 e. The molecule has 0 aromatic heterocycles. The normalized spacial score (nSPS) is 12.1. The van der Waals surface area contributed by atoms with E-state index in [1.165, 1.54) is 0 Å². The molecule has 20 heavy (non-hydrogen) atoms. The van der Waals surface area contributed by atoms with E-state index >= 15 is 0 Å². The molecule has 0 spiro atoms. The van der Waals surface area contributed by atoms with Crippen LogP contribution in [0.5, 0.6) is 0 Å². The number of halogens is 2. The summed E-state index contributed by atoms with van der Waals surface area (Å²) in [7, 11) is 0. The van der Waals surface area contributed by atoms with Gasteiger partial charge >= 0.3 is 5.97 Å². The van der Waals surface area contributed by atoms with Crippen molar-refractivity contribution in [3.8, 4) is 0 Å². The van der Waals surface area contributed by atoms with Crippen LogP contribution in [0.25, 0.3) is 0 Å². The molecular formula is C15H13Cl2NO2. The maximum absolute atomic E-state index is 11.4. The van der Waals surface area contributed by atoms with Gasteiger partial charge < -0.3 is 5.11 Å². The van der Waals surface area contributed by atoms with Crippen LogP contribution in [-0.4, -0.2) is 11.1 Å². The SMILES string of the molecule is O=C(O)C(NCc1c(Cl)cccc1Cl)c1ccccc1. The quantitative estimate of drug-likeness (QED) is 0.880. The van der Waals surface area contributed by atoms with E-state index in [1.54, 1.807) is 42.5 Å². The summed E-state index contributed by atoms with van der Waals surface area (Å²) in [4.78, 5) is 11.4. The summed E-state index contributed by atoms with van der Waals surface area (Å²) in [5.74, 6) is -0.945. The fourth-order valence-electron chi connectivity index (χ4n) is 1.90. The third kappa shape index (κ3) is 3.51. The lowest BCUT2D eigenvalue weighted by molar-refractivity contribution is -0.139. The average molecular weight is 310 g/mol. The van der Waals surface area contributed by atoms with Crippen LogP contribution in [0.1, 0.15) is 17.2 Å². The molecule has 5 heteroatoms. The zero-order valence-electron chi connectivity index (χ0n) is 10.5. The van der Waals surface area contributed by atoms with Crippen molar-refractivity contribution < 1.29 is 9.90 Å². The fraction of sp³-hybridized carbons (Fsp3) is 0.133. The number of carboxylic acids is 1. The van der Waals surface area contributed by atoms with E-state index in [0.29, 0.717) is 21.2 Å². The number of benzene rings is 2. The first-order valence-electron chi connectivity index (χ1n) is 6.03. The van der Waals surface area contributed by atoms with E-state index in [2.05, 4.69) is 5.32 Å². The average Bonchev–Trinajstić information content (AvgIpc) is 2.43. The van der Waals surface area contributed by atoms with Gasteiger partial charge in [-0.15, -0.1) is 0 Å². The molecule has 2 aromatic carbocycles. The first-order valence-corrected chi connectivity index (χ1v) is 6.79. The van der Waals surface area contributed by atoms with Gasteiger partial charge in [0.2, 0.25) is 0 Å². The van der Waals surface area contributed by atoms with Crippen LogP contribution >= 0.6 is 23.2 Å². The molecule has 2 aromatic rings. The van der Waals surface area contributed by atoms with Crippen molar-refractivity contribution in [1.29, 1.82) is 0 Å². The molecule has 0 radical (unpaired) electrons. The van der Waals surface area contributed by atoms with Gasteiger partial charge in [-0.05, 0) is 17.7 Å². The van der Waals surface area contributed by atoms with Crippen molar-refractivity contribution >= 4 is 29.2 Å². The van der Waals surface area contributed by atoms with Gasteiger partial charge in [-0.3, -0.25) is 10.1 Å². The molecule has 2 N–H and O–H groups in total. The molecule has 0 amide bonds. The smallest absolute Gasteiger partial charge is 0.325 e. The third-order valence-corrected chi connectivity index (χ3v) is 3.63. The van der Waals surface area contributed by atoms with Gasteiger partial charge in [0, 0.05) is 22.2 Å². The zero-order chi connectivity index (χ0) is 14.5. The van der Waals surface area contributed by atoms with Crippen molar-refractivity contribution in [2.24, 2.45) is 0 Å². The number of carboxylic acid groups (broad SMARTS) is 1. The zero-order valence-corrected chi connectivity index (χ0v) is 12.0. The minimum atomic E-state index is -0.945. The molecule has 0 saturated carbocycles. The lowest BCUT2D eigenvalue weighted by Gasteiger charge is -2.16. The number of hydrogen-bond acceptors (Lipinski definition) is 2. The van der Waals surface area contributed by atoms with Crippen molar-refractivity contribution in [3.63, 3.8) is 0 Å². The highest BCUT2D eigenvalue weighted by molar-refractivity contribution is 6.35. The van der Waals surface area contributed by atoms with Crippen LogP contribution in [0, 0.1) is 0 Å². The summed E-state index contributed by atoms with van der Waals surface area (Å²) in [6.07, 6.45) is 0. The van der Waals surface area contributed by atoms with E-state index < -0.39 is 12.0 Å². The Balaban J connectivity index is 2.17. The lowest BCUT2D eigenvalue weighted by atomic mass is 10.1. The maximum atomic E-state index is 11.4. The number of nitrogens with one attached hydrogen (secondary N) is 1. The molecule has 0 saturated heterocycles.